The van der Waals surface area contributed by atoms with E-state index >= 15 is 0 Å². The minimum Gasteiger partial charge on any atom is -0.486 e. The molecule has 5 nitrogen and oxygen atoms in total. The Kier molecular flexibility index (Phi) is 4.67. The summed E-state index contributed by atoms with van der Waals surface area (Å²) >= 11 is 0. The summed E-state index contributed by atoms with van der Waals surface area (Å²) in [6, 6.07) is 17.1. The predicted molar refractivity (Wildman–Crippen MR) is 104 cm³/mol. The number of para-hydroxylation sites is 1. The van der Waals surface area contributed by atoms with Crippen LogP contribution in [0.3, 0.4) is 0 Å². The second kappa shape index (κ2) is 7.27. The third kappa shape index (κ3) is 3.58. The average molecular weight is 362 g/mol. The van der Waals surface area contributed by atoms with Crippen LogP contribution in [-0.2, 0) is 0 Å². The number of rotatable bonds is 4. The molecule has 0 fully saturated rings. The minimum atomic E-state index is -0.186. The molecule has 1 amide bonds. The molecule has 2 heterocycles. The molecule has 1 N–H and O–H groups in total. The molecule has 138 valence electrons. The fourth-order valence-corrected chi connectivity index (χ4v) is 3.30. The number of hydrogen-bond donors (Lipinski definition) is 1. The van der Waals surface area contributed by atoms with Crippen LogP contribution in [0, 0.1) is 5.92 Å². The van der Waals surface area contributed by atoms with Gasteiger partial charge in [0.05, 0.1) is 11.6 Å². The van der Waals surface area contributed by atoms with Gasteiger partial charge in [-0.1, -0.05) is 44.2 Å². The molecule has 2 aromatic carbocycles. The van der Waals surface area contributed by atoms with Gasteiger partial charge in [0, 0.05) is 5.39 Å². The molecule has 5 heteroatoms. The molecule has 0 saturated heterocycles. The number of nitrogens with zero attached hydrogens (tertiary/aromatic N) is 1. The van der Waals surface area contributed by atoms with Crippen LogP contribution in [0.25, 0.3) is 10.9 Å². The van der Waals surface area contributed by atoms with Gasteiger partial charge in [0.2, 0.25) is 0 Å². The van der Waals surface area contributed by atoms with Crippen molar-refractivity contribution in [2.75, 3.05) is 13.2 Å². The maximum Gasteiger partial charge on any atom is 0.270 e. The Balaban J connectivity index is 1.59. The Hall–Kier alpha value is -3.08. The maximum absolute atomic E-state index is 12.8. The molecule has 1 atom stereocenters. The second-order valence-electron chi connectivity index (χ2n) is 6.99. The summed E-state index contributed by atoms with van der Waals surface area (Å²) in [6.45, 7) is 5.26. The zero-order valence-electron chi connectivity index (χ0n) is 15.4. The van der Waals surface area contributed by atoms with Gasteiger partial charge in [-0.15, -0.1) is 0 Å². The monoisotopic (exact) mass is 362 g/mol. The van der Waals surface area contributed by atoms with E-state index in [1.165, 1.54) is 0 Å². The molecule has 1 aliphatic rings. The Bertz CT molecular complexity index is 984. The van der Waals surface area contributed by atoms with E-state index in [4.69, 9.17) is 9.47 Å². The van der Waals surface area contributed by atoms with E-state index in [0.29, 0.717) is 18.9 Å². The van der Waals surface area contributed by atoms with Crippen LogP contribution in [0.15, 0.2) is 54.6 Å². The highest BCUT2D eigenvalue weighted by Crippen LogP contribution is 2.34. The third-order valence-electron chi connectivity index (χ3n) is 4.71. The van der Waals surface area contributed by atoms with Crippen molar-refractivity contribution in [2.45, 2.75) is 19.9 Å². The molecule has 1 aliphatic heterocycles. The molecule has 3 aromatic rings. The van der Waals surface area contributed by atoms with Crippen molar-refractivity contribution in [3.05, 3.63) is 65.9 Å². The quantitative estimate of drug-likeness (QED) is 0.758. The summed E-state index contributed by atoms with van der Waals surface area (Å²) < 4.78 is 11.3. The lowest BCUT2D eigenvalue weighted by molar-refractivity contribution is 0.0920. The van der Waals surface area contributed by atoms with E-state index in [1.807, 2.05) is 48.5 Å². The number of fused-ring (bicyclic) bond motifs is 2. The Labute approximate surface area is 158 Å². The number of carbonyl (C=O) groups excluding carboxylic acids is 1. The molecule has 27 heavy (non-hydrogen) atoms. The fraction of sp³-hybridized carbons (Fsp3) is 0.273. The van der Waals surface area contributed by atoms with Crippen LogP contribution in [-0.4, -0.2) is 24.1 Å². The van der Waals surface area contributed by atoms with Crippen LogP contribution in [0.5, 0.6) is 11.5 Å². The van der Waals surface area contributed by atoms with Gasteiger partial charge in [-0.2, -0.15) is 0 Å². The lowest BCUT2D eigenvalue weighted by atomic mass is 9.95. The predicted octanol–water partition coefficient (Wildman–Crippen LogP) is 4.13. The van der Waals surface area contributed by atoms with E-state index < -0.39 is 0 Å². The molecular formula is C22H22N2O3. The molecular weight excluding hydrogens is 340 g/mol. The van der Waals surface area contributed by atoms with Gasteiger partial charge < -0.3 is 14.8 Å². The van der Waals surface area contributed by atoms with Crippen molar-refractivity contribution in [2.24, 2.45) is 5.92 Å². The summed E-state index contributed by atoms with van der Waals surface area (Å²) in [7, 11) is 0. The number of benzene rings is 2. The first-order chi connectivity index (χ1) is 13.1. The largest absolute Gasteiger partial charge is 0.486 e. The third-order valence-corrected chi connectivity index (χ3v) is 4.71. The number of hydrogen-bond acceptors (Lipinski definition) is 4. The van der Waals surface area contributed by atoms with Gasteiger partial charge >= 0.3 is 0 Å². The molecule has 0 aliphatic carbocycles. The van der Waals surface area contributed by atoms with Gasteiger partial charge in [0.25, 0.3) is 5.91 Å². The number of pyridine rings is 1. The maximum atomic E-state index is 12.8. The number of amides is 1. The zero-order chi connectivity index (χ0) is 18.8. The normalized spacial score (nSPS) is 14.2. The highest BCUT2D eigenvalue weighted by atomic mass is 16.6. The van der Waals surface area contributed by atoms with Gasteiger partial charge in [-0.25, -0.2) is 4.98 Å². The van der Waals surface area contributed by atoms with Crippen molar-refractivity contribution in [1.29, 1.82) is 0 Å². The molecule has 0 bridgehead atoms. The topological polar surface area (TPSA) is 60.5 Å². The van der Waals surface area contributed by atoms with E-state index in [-0.39, 0.29) is 17.9 Å². The average Bonchev–Trinajstić information content (AvgIpc) is 2.71. The first-order valence-electron chi connectivity index (χ1n) is 9.18. The van der Waals surface area contributed by atoms with Crippen molar-refractivity contribution >= 4 is 16.8 Å². The zero-order valence-corrected chi connectivity index (χ0v) is 15.4. The number of ether oxygens (including phenoxy) is 2. The summed E-state index contributed by atoms with van der Waals surface area (Å²) in [6.07, 6.45) is 0. The summed E-state index contributed by atoms with van der Waals surface area (Å²) in [4.78, 5) is 17.3. The van der Waals surface area contributed by atoms with Crippen molar-refractivity contribution in [3.8, 4) is 11.5 Å². The Morgan fingerprint density at radius 2 is 1.78 bits per heavy atom. The minimum absolute atomic E-state index is 0.151. The van der Waals surface area contributed by atoms with Crippen LogP contribution in [0.1, 0.15) is 35.9 Å². The number of nitrogens with one attached hydrogen (secondary N) is 1. The Morgan fingerprint density at radius 1 is 1.00 bits per heavy atom. The van der Waals surface area contributed by atoms with Gasteiger partial charge in [0.1, 0.15) is 18.9 Å². The highest BCUT2D eigenvalue weighted by molar-refractivity contribution is 5.95. The molecule has 0 spiro atoms. The smallest absolute Gasteiger partial charge is 0.270 e. The first kappa shape index (κ1) is 17.3. The fourth-order valence-electron chi connectivity index (χ4n) is 3.30. The summed E-state index contributed by atoms with van der Waals surface area (Å²) in [5, 5.41) is 4.14. The molecule has 1 aromatic heterocycles. The van der Waals surface area contributed by atoms with Crippen LogP contribution in [0.2, 0.25) is 0 Å². The van der Waals surface area contributed by atoms with Crippen LogP contribution >= 0.6 is 0 Å². The first-order valence-corrected chi connectivity index (χ1v) is 9.18. The molecule has 0 radical (unpaired) electrons. The highest BCUT2D eigenvalue weighted by Gasteiger charge is 2.22. The lowest BCUT2D eigenvalue weighted by Gasteiger charge is -2.25. The summed E-state index contributed by atoms with van der Waals surface area (Å²) in [5.41, 5.74) is 2.21. The molecule has 4 rings (SSSR count). The van der Waals surface area contributed by atoms with Gasteiger partial charge in [-0.3, -0.25) is 4.79 Å². The van der Waals surface area contributed by atoms with Gasteiger partial charge in [0.15, 0.2) is 11.5 Å². The van der Waals surface area contributed by atoms with E-state index in [9.17, 15) is 4.79 Å². The van der Waals surface area contributed by atoms with Crippen LogP contribution < -0.4 is 14.8 Å². The number of aromatic nitrogens is 1. The van der Waals surface area contributed by atoms with Crippen molar-refractivity contribution < 1.29 is 14.3 Å². The lowest BCUT2D eigenvalue weighted by Crippen LogP contribution is -2.32. The van der Waals surface area contributed by atoms with Crippen LogP contribution in [0.4, 0.5) is 0 Å². The molecule has 0 saturated carbocycles. The van der Waals surface area contributed by atoms with E-state index in [0.717, 1.165) is 28.0 Å². The Morgan fingerprint density at radius 3 is 2.59 bits per heavy atom. The van der Waals surface area contributed by atoms with Crippen molar-refractivity contribution in [3.63, 3.8) is 0 Å². The van der Waals surface area contributed by atoms with E-state index in [1.54, 1.807) is 6.07 Å². The van der Waals surface area contributed by atoms with Gasteiger partial charge in [-0.05, 0) is 35.7 Å². The second-order valence-corrected chi connectivity index (χ2v) is 6.99. The summed E-state index contributed by atoms with van der Waals surface area (Å²) in [5.74, 6) is 1.49. The standard InChI is InChI=1S/C22H22N2O3/c1-14(2)21(16-8-10-19-20(13-16)27-12-11-26-19)24-22(25)18-9-7-15-5-3-4-6-17(15)23-18/h3-10,13-14,21H,11-12H2,1-2H3,(H,24,25). The van der Waals surface area contributed by atoms with Crippen molar-refractivity contribution in [1.82, 2.24) is 10.3 Å². The SMILES string of the molecule is CC(C)C(NC(=O)c1ccc2ccccc2n1)c1ccc2c(c1)OCCO2. The molecule has 1 unspecified atom stereocenters. The van der Waals surface area contributed by atoms with E-state index in [2.05, 4.69) is 24.1 Å². The number of carbonyl (C=O) groups is 1.